The second-order valence-corrected chi connectivity index (χ2v) is 10.6. The molecule has 0 aliphatic rings. The van der Waals surface area contributed by atoms with Gasteiger partial charge in [-0.2, -0.15) is 13.2 Å². The molecule has 0 bridgehead atoms. The number of anilines is 2. The van der Waals surface area contributed by atoms with E-state index < -0.39 is 50.9 Å². The van der Waals surface area contributed by atoms with E-state index in [2.05, 4.69) is 5.32 Å². The molecule has 13 heteroatoms. The standard InChI is InChI=1S/C25H21Cl2F3N2O5S/c1-3-37-24(34)19-12-16(6-10-21(19)26)31-23(33)14-32(38(35,36)18-8-4-15(2)5-9-18)17-7-11-22(27)20(13-17)25(28,29)30/h4-13H,3,14H2,1-2H3,(H,31,33). The number of esters is 1. The first-order chi connectivity index (χ1) is 17.7. The van der Waals surface area contributed by atoms with Gasteiger partial charge in [-0.3, -0.25) is 9.10 Å². The summed E-state index contributed by atoms with van der Waals surface area (Å²) >= 11 is 11.7. The van der Waals surface area contributed by atoms with Crippen LogP contribution >= 0.6 is 23.2 Å². The van der Waals surface area contributed by atoms with Gasteiger partial charge in [-0.05, 0) is 62.4 Å². The number of ether oxygens (including phenoxy) is 1. The van der Waals surface area contributed by atoms with Gasteiger partial charge in [0.2, 0.25) is 5.91 Å². The summed E-state index contributed by atoms with van der Waals surface area (Å²) in [7, 11) is -4.50. The van der Waals surface area contributed by atoms with Gasteiger partial charge in [-0.25, -0.2) is 13.2 Å². The molecule has 0 aromatic heterocycles. The van der Waals surface area contributed by atoms with Crippen molar-refractivity contribution in [1.82, 2.24) is 0 Å². The maximum absolute atomic E-state index is 13.5. The highest BCUT2D eigenvalue weighted by Gasteiger charge is 2.35. The summed E-state index contributed by atoms with van der Waals surface area (Å²) in [6, 6.07) is 12.0. The molecule has 0 saturated carbocycles. The van der Waals surface area contributed by atoms with Crippen LogP contribution in [0.3, 0.4) is 0 Å². The molecule has 0 aliphatic carbocycles. The van der Waals surface area contributed by atoms with Crippen molar-refractivity contribution in [2.24, 2.45) is 0 Å². The molecule has 202 valence electrons. The van der Waals surface area contributed by atoms with Crippen LogP contribution in [0.2, 0.25) is 10.0 Å². The molecule has 0 spiro atoms. The fourth-order valence-electron chi connectivity index (χ4n) is 3.34. The molecular weight excluding hydrogens is 568 g/mol. The number of hydrogen-bond donors (Lipinski definition) is 1. The zero-order valence-corrected chi connectivity index (χ0v) is 22.3. The van der Waals surface area contributed by atoms with Gasteiger partial charge >= 0.3 is 12.1 Å². The fraction of sp³-hybridized carbons (Fsp3) is 0.200. The lowest BCUT2D eigenvalue weighted by Crippen LogP contribution is -2.38. The molecule has 38 heavy (non-hydrogen) atoms. The number of sulfonamides is 1. The molecule has 1 amide bonds. The molecule has 0 atom stereocenters. The third-order valence-corrected chi connectivity index (χ3v) is 7.63. The highest BCUT2D eigenvalue weighted by atomic mass is 35.5. The molecule has 0 radical (unpaired) electrons. The van der Waals surface area contributed by atoms with E-state index in [0.717, 1.165) is 17.7 Å². The lowest BCUT2D eigenvalue weighted by Gasteiger charge is -2.25. The molecule has 0 saturated heterocycles. The number of hydrogen-bond acceptors (Lipinski definition) is 5. The summed E-state index contributed by atoms with van der Waals surface area (Å²) in [6.45, 7) is 2.51. The van der Waals surface area contributed by atoms with Gasteiger partial charge in [0.15, 0.2) is 0 Å². The lowest BCUT2D eigenvalue weighted by molar-refractivity contribution is -0.137. The van der Waals surface area contributed by atoms with Gasteiger partial charge in [-0.1, -0.05) is 40.9 Å². The van der Waals surface area contributed by atoms with Gasteiger partial charge < -0.3 is 10.1 Å². The number of benzene rings is 3. The summed E-state index contributed by atoms with van der Waals surface area (Å²) in [5.74, 6) is -1.64. The van der Waals surface area contributed by atoms with Crippen LogP contribution in [0.25, 0.3) is 0 Å². The summed E-state index contributed by atoms with van der Waals surface area (Å²) in [4.78, 5) is 24.8. The molecule has 0 fully saturated rings. The second-order valence-electron chi connectivity index (χ2n) is 7.95. The molecule has 3 rings (SSSR count). The maximum Gasteiger partial charge on any atom is 0.417 e. The first-order valence-corrected chi connectivity index (χ1v) is 13.2. The van der Waals surface area contributed by atoms with E-state index in [1.54, 1.807) is 13.8 Å². The van der Waals surface area contributed by atoms with Crippen LogP contribution in [0.5, 0.6) is 0 Å². The Morgan fingerprint density at radius 1 is 0.974 bits per heavy atom. The maximum atomic E-state index is 13.5. The normalized spacial score (nSPS) is 11.7. The topological polar surface area (TPSA) is 92.8 Å². The SMILES string of the molecule is CCOC(=O)c1cc(NC(=O)CN(c2ccc(Cl)c(C(F)(F)F)c2)S(=O)(=O)c2ccc(C)cc2)ccc1Cl. The summed E-state index contributed by atoms with van der Waals surface area (Å²) in [5, 5.41) is 1.86. The van der Waals surface area contributed by atoms with Crippen LogP contribution in [0.15, 0.2) is 65.6 Å². The van der Waals surface area contributed by atoms with Crippen LogP contribution in [0.1, 0.15) is 28.4 Å². The number of carbonyl (C=O) groups excluding carboxylic acids is 2. The third-order valence-electron chi connectivity index (χ3n) is 5.18. The summed E-state index contributed by atoms with van der Waals surface area (Å²) in [6.07, 6.45) is -4.87. The minimum atomic E-state index is -4.87. The van der Waals surface area contributed by atoms with Crippen LogP contribution in [0, 0.1) is 6.92 Å². The quantitative estimate of drug-likeness (QED) is 0.310. The van der Waals surface area contributed by atoms with Crippen molar-refractivity contribution in [1.29, 1.82) is 0 Å². The van der Waals surface area contributed by atoms with Crippen molar-refractivity contribution in [2.75, 3.05) is 22.8 Å². The van der Waals surface area contributed by atoms with E-state index in [1.165, 1.54) is 42.5 Å². The van der Waals surface area contributed by atoms with Gasteiger partial charge in [0.05, 0.1) is 38.4 Å². The monoisotopic (exact) mass is 588 g/mol. The summed E-state index contributed by atoms with van der Waals surface area (Å²) < 4.78 is 73.0. The third kappa shape index (κ3) is 6.77. The Morgan fingerprint density at radius 2 is 1.61 bits per heavy atom. The predicted molar refractivity (Wildman–Crippen MR) is 138 cm³/mol. The fourth-order valence-corrected chi connectivity index (χ4v) is 5.17. The highest BCUT2D eigenvalue weighted by Crippen LogP contribution is 2.38. The number of amides is 1. The Hall–Kier alpha value is -3.28. The minimum Gasteiger partial charge on any atom is -0.462 e. The van der Waals surface area contributed by atoms with E-state index in [0.29, 0.717) is 10.4 Å². The van der Waals surface area contributed by atoms with Gasteiger partial charge in [0.1, 0.15) is 6.54 Å². The molecule has 1 N–H and O–H groups in total. The Bertz CT molecular complexity index is 1460. The Morgan fingerprint density at radius 3 is 2.21 bits per heavy atom. The van der Waals surface area contributed by atoms with Gasteiger partial charge in [0, 0.05) is 5.69 Å². The van der Waals surface area contributed by atoms with Crippen molar-refractivity contribution in [3.05, 3.63) is 87.4 Å². The Labute approximate surface area is 227 Å². The average molecular weight is 589 g/mol. The first kappa shape index (κ1) is 29.3. The van der Waals surface area contributed by atoms with Crippen molar-refractivity contribution < 1.29 is 35.9 Å². The largest absolute Gasteiger partial charge is 0.462 e. The van der Waals surface area contributed by atoms with Crippen LogP contribution in [0.4, 0.5) is 24.5 Å². The van der Waals surface area contributed by atoms with Gasteiger partial charge in [0.25, 0.3) is 10.0 Å². The first-order valence-electron chi connectivity index (χ1n) is 11.0. The lowest BCUT2D eigenvalue weighted by atomic mass is 10.2. The predicted octanol–water partition coefficient (Wildman–Crippen LogP) is 6.33. The van der Waals surface area contributed by atoms with Crippen molar-refractivity contribution >= 4 is 56.5 Å². The molecule has 0 heterocycles. The molecule has 7 nitrogen and oxygen atoms in total. The van der Waals surface area contributed by atoms with E-state index >= 15 is 0 Å². The van der Waals surface area contributed by atoms with Crippen LogP contribution in [-0.4, -0.2) is 33.4 Å². The second kappa shape index (κ2) is 11.6. The molecule has 0 unspecified atom stereocenters. The average Bonchev–Trinajstić information content (AvgIpc) is 2.84. The zero-order valence-electron chi connectivity index (χ0n) is 20.0. The van der Waals surface area contributed by atoms with E-state index in [4.69, 9.17) is 27.9 Å². The number of nitrogens with one attached hydrogen (secondary N) is 1. The zero-order chi connectivity index (χ0) is 28.3. The van der Waals surface area contributed by atoms with E-state index in [-0.39, 0.29) is 27.8 Å². The minimum absolute atomic E-state index is 0.0389. The summed E-state index contributed by atoms with van der Waals surface area (Å²) in [5.41, 5.74) is -0.900. The van der Waals surface area contributed by atoms with Crippen molar-refractivity contribution in [2.45, 2.75) is 24.9 Å². The highest BCUT2D eigenvalue weighted by molar-refractivity contribution is 7.92. The molecule has 0 aliphatic heterocycles. The number of rotatable bonds is 8. The van der Waals surface area contributed by atoms with E-state index in [9.17, 15) is 31.2 Å². The number of aryl methyl sites for hydroxylation is 1. The van der Waals surface area contributed by atoms with Gasteiger partial charge in [-0.15, -0.1) is 0 Å². The number of alkyl halides is 3. The Kier molecular flexibility index (Phi) is 8.96. The number of nitrogens with zero attached hydrogens (tertiary/aromatic N) is 1. The number of halogens is 5. The molecule has 3 aromatic carbocycles. The van der Waals surface area contributed by atoms with Crippen molar-refractivity contribution in [3.63, 3.8) is 0 Å². The van der Waals surface area contributed by atoms with Crippen LogP contribution in [-0.2, 0) is 25.7 Å². The van der Waals surface area contributed by atoms with Crippen LogP contribution < -0.4 is 9.62 Å². The number of carbonyl (C=O) groups is 2. The van der Waals surface area contributed by atoms with E-state index in [1.807, 2.05) is 0 Å². The molecular formula is C25H21Cl2F3N2O5S. The smallest absolute Gasteiger partial charge is 0.417 e. The van der Waals surface area contributed by atoms with Crippen molar-refractivity contribution in [3.8, 4) is 0 Å². The molecule has 3 aromatic rings. The Balaban J connectivity index is 2.01.